The van der Waals surface area contributed by atoms with Crippen LogP contribution < -0.4 is 4.74 Å². The molecule has 1 aromatic carbocycles. The van der Waals surface area contributed by atoms with Crippen molar-refractivity contribution in [2.24, 2.45) is 0 Å². The van der Waals surface area contributed by atoms with E-state index in [4.69, 9.17) is 16.3 Å². The lowest BCUT2D eigenvalue weighted by atomic mass is 9.69. The van der Waals surface area contributed by atoms with E-state index in [1.165, 1.54) is 0 Å². The average Bonchev–Trinajstić information content (AvgIpc) is 2.41. The molecule has 1 aliphatic rings. The molecule has 0 radical (unpaired) electrons. The summed E-state index contributed by atoms with van der Waals surface area (Å²) in [6, 6.07) is 3.47. The third-order valence-electron chi connectivity index (χ3n) is 3.87. The van der Waals surface area contributed by atoms with E-state index >= 15 is 0 Å². The van der Waals surface area contributed by atoms with Gasteiger partial charge >= 0.3 is 5.97 Å². The quantitative estimate of drug-likeness (QED) is 0.881. The van der Waals surface area contributed by atoms with Gasteiger partial charge in [0.2, 0.25) is 0 Å². The van der Waals surface area contributed by atoms with E-state index in [-0.39, 0.29) is 0 Å². The van der Waals surface area contributed by atoms with Gasteiger partial charge in [-0.3, -0.25) is 4.79 Å². The Morgan fingerprint density at radius 3 is 2.53 bits per heavy atom. The molecule has 5 heteroatoms. The third kappa shape index (κ3) is 2.61. The van der Waals surface area contributed by atoms with E-state index in [0.29, 0.717) is 29.2 Å². The molecule has 0 atom stereocenters. The van der Waals surface area contributed by atoms with Gasteiger partial charge in [-0.15, -0.1) is 0 Å². The number of carboxylic acid groups (broad SMARTS) is 1. The van der Waals surface area contributed by atoms with Crippen molar-refractivity contribution < 1.29 is 14.6 Å². The van der Waals surface area contributed by atoms with Gasteiger partial charge in [-0.1, -0.05) is 30.9 Å². The second-order valence-electron chi connectivity index (χ2n) is 4.91. The summed E-state index contributed by atoms with van der Waals surface area (Å²) in [5, 5.41) is 10.1. The predicted octanol–water partition coefficient (Wildman–Crippen LogP) is 4.40. The Labute approximate surface area is 126 Å². The Hall–Kier alpha value is -0.740. The van der Waals surface area contributed by atoms with Gasteiger partial charge in [-0.05, 0) is 40.4 Å². The maximum Gasteiger partial charge on any atom is 0.314 e. The van der Waals surface area contributed by atoms with E-state index in [1.54, 1.807) is 19.2 Å². The summed E-state index contributed by atoms with van der Waals surface area (Å²) < 4.78 is 5.92. The van der Waals surface area contributed by atoms with Crippen LogP contribution in [0, 0.1) is 0 Å². The molecule has 0 bridgehead atoms. The number of rotatable bonds is 3. The highest BCUT2D eigenvalue weighted by molar-refractivity contribution is 9.10. The maximum absolute atomic E-state index is 11.8. The zero-order valence-corrected chi connectivity index (χ0v) is 13.1. The van der Waals surface area contributed by atoms with Crippen molar-refractivity contribution in [1.82, 2.24) is 0 Å². The lowest BCUT2D eigenvalue weighted by molar-refractivity contribution is -0.145. The van der Waals surface area contributed by atoms with Crippen LogP contribution in [0.3, 0.4) is 0 Å². The molecule has 1 aliphatic carbocycles. The summed E-state index contributed by atoms with van der Waals surface area (Å²) in [6.07, 6.45) is 4.21. The highest BCUT2D eigenvalue weighted by atomic mass is 79.9. The van der Waals surface area contributed by atoms with Crippen molar-refractivity contribution in [3.05, 3.63) is 27.2 Å². The molecule has 1 fully saturated rings. The van der Waals surface area contributed by atoms with Gasteiger partial charge in [0.1, 0.15) is 5.75 Å². The number of aliphatic carboxylic acids is 1. The van der Waals surface area contributed by atoms with Crippen molar-refractivity contribution in [3.63, 3.8) is 0 Å². The summed E-state index contributed by atoms with van der Waals surface area (Å²) >= 11 is 9.69. The molecule has 0 aliphatic heterocycles. The average molecular weight is 348 g/mol. The van der Waals surface area contributed by atoms with Crippen LogP contribution in [-0.4, -0.2) is 18.2 Å². The van der Waals surface area contributed by atoms with Crippen molar-refractivity contribution in [3.8, 4) is 5.75 Å². The van der Waals surface area contributed by atoms with Crippen LogP contribution in [0.2, 0.25) is 5.02 Å². The lowest BCUT2D eigenvalue weighted by Crippen LogP contribution is -2.38. The summed E-state index contributed by atoms with van der Waals surface area (Å²) in [6.45, 7) is 0. The fourth-order valence-corrected chi connectivity index (χ4v) is 3.65. The summed E-state index contributed by atoms with van der Waals surface area (Å²) in [7, 11) is 1.56. The number of hydrogen-bond acceptors (Lipinski definition) is 2. The molecule has 0 saturated heterocycles. The number of benzene rings is 1. The van der Waals surface area contributed by atoms with Gasteiger partial charge in [-0.2, -0.15) is 0 Å². The fraction of sp³-hybridized carbons (Fsp3) is 0.500. The Morgan fingerprint density at radius 2 is 2.00 bits per heavy atom. The predicted molar refractivity (Wildman–Crippen MR) is 78.1 cm³/mol. The Morgan fingerprint density at radius 1 is 1.37 bits per heavy atom. The minimum Gasteiger partial charge on any atom is -0.496 e. The van der Waals surface area contributed by atoms with Crippen molar-refractivity contribution in [2.75, 3.05) is 7.11 Å². The van der Waals surface area contributed by atoms with Crippen LogP contribution in [0.1, 0.15) is 37.7 Å². The van der Waals surface area contributed by atoms with E-state index in [9.17, 15) is 9.90 Å². The van der Waals surface area contributed by atoms with Gasteiger partial charge in [-0.25, -0.2) is 0 Å². The lowest BCUT2D eigenvalue weighted by Gasteiger charge is -2.34. The summed E-state index contributed by atoms with van der Waals surface area (Å²) in [5.74, 6) is -0.170. The van der Waals surface area contributed by atoms with Gasteiger partial charge in [0.25, 0.3) is 0 Å². The molecular weight excluding hydrogens is 332 g/mol. The minimum absolute atomic E-state index is 0.462. The molecular formula is C14H16BrClO3. The minimum atomic E-state index is -0.857. The first kappa shape index (κ1) is 14.7. The van der Waals surface area contributed by atoms with Gasteiger partial charge in [0, 0.05) is 11.1 Å². The number of halogens is 2. The zero-order valence-electron chi connectivity index (χ0n) is 10.7. The normalized spacial score (nSPS) is 18.1. The van der Waals surface area contributed by atoms with E-state index in [0.717, 1.165) is 23.7 Å². The van der Waals surface area contributed by atoms with Gasteiger partial charge < -0.3 is 9.84 Å². The van der Waals surface area contributed by atoms with Crippen LogP contribution in [0.4, 0.5) is 0 Å². The molecule has 104 valence electrons. The van der Waals surface area contributed by atoms with Crippen LogP contribution in [0.25, 0.3) is 0 Å². The molecule has 2 rings (SSSR count). The first-order valence-electron chi connectivity index (χ1n) is 6.28. The van der Waals surface area contributed by atoms with Gasteiger partial charge in [0.05, 0.1) is 17.0 Å². The number of methoxy groups -OCH3 is 1. The summed E-state index contributed by atoms with van der Waals surface area (Å²) in [4.78, 5) is 11.8. The van der Waals surface area contributed by atoms with Gasteiger partial charge in [0.15, 0.2) is 0 Å². The molecule has 19 heavy (non-hydrogen) atoms. The molecule has 0 heterocycles. The highest BCUT2D eigenvalue weighted by Crippen LogP contribution is 2.45. The molecule has 0 aromatic heterocycles. The van der Waals surface area contributed by atoms with E-state index < -0.39 is 11.4 Å². The van der Waals surface area contributed by atoms with Crippen LogP contribution >= 0.6 is 27.5 Å². The topological polar surface area (TPSA) is 46.5 Å². The first-order chi connectivity index (χ1) is 9.01. The standard InChI is InChI=1S/C14H16BrClO3/c1-19-12-8-11(16)9(7-10(12)15)14(13(17)18)5-3-2-4-6-14/h7-8H,2-6H2,1H3,(H,17,18). The molecule has 0 amide bonds. The molecule has 3 nitrogen and oxygen atoms in total. The maximum atomic E-state index is 11.8. The number of ether oxygens (including phenoxy) is 1. The Bertz CT molecular complexity index is 496. The smallest absolute Gasteiger partial charge is 0.314 e. The largest absolute Gasteiger partial charge is 0.496 e. The van der Waals surface area contributed by atoms with E-state index in [2.05, 4.69) is 15.9 Å². The number of hydrogen-bond donors (Lipinski definition) is 1. The molecule has 1 saturated carbocycles. The Balaban J connectivity index is 2.54. The summed E-state index contributed by atoms with van der Waals surface area (Å²) in [5.41, 5.74) is -0.168. The number of carboxylic acids is 1. The second kappa shape index (κ2) is 5.71. The first-order valence-corrected chi connectivity index (χ1v) is 7.45. The highest BCUT2D eigenvalue weighted by Gasteiger charge is 2.43. The molecule has 1 N–H and O–H groups in total. The second-order valence-corrected chi connectivity index (χ2v) is 6.18. The van der Waals surface area contributed by atoms with Crippen molar-refractivity contribution >= 4 is 33.5 Å². The third-order valence-corrected chi connectivity index (χ3v) is 4.81. The van der Waals surface area contributed by atoms with Crippen LogP contribution in [-0.2, 0) is 10.2 Å². The van der Waals surface area contributed by atoms with Crippen molar-refractivity contribution in [2.45, 2.75) is 37.5 Å². The molecule has 0 unspecified atom stereocenters. The van der Waals surface area contributed by atoms with Crippen LogP contribution in [0.15, 0.2) is 16.6 Å². The zero-order chi connectivity index (χ0) is 14.0. The Kier molecular flexibility index (Phi) is 4.41. The monoisotopic (exact) mass is 346 g/mol. The number of carbonyl (C=O) groups is 1. The SMILES string of the molecule is COc1cc(Cl)c(C2(C(=O)O)CCCCC2)cc1Br. The molecule has 0 spiro atoms. The fourth-order valence-electron chi connectivity index (χ4n) is 2.81. The van der Waals surface area contributed by atoms with Crippen LogP contribution in [0.5, 0.6) is 5.75 Å². The van der Waals surface area contributed by atoms with E-state index in [1.807, 2.05) is 0 Å². The van der Waals surface area contributed by atoms with Crippen molar-refractivity contribution in [1.29, 1.82) is 0 Å². The molecule has 1 aromatic rings.